The Labute approximate surface area is 242 Å². The normalized spacial score (nSPS) is 22.6. The summed E-state index contributed by atoms with van der Waals surface area (Å²) in [7, 11) is 1.86. The number of rotatable bonds is 7. The van der Waals surface area contributed by atoms with Crippen molar-refractivity contribution < 1.29 is 9.59 Å². The lowest BCUT2D eigenvalue weighted by atomic mass is 9.96. The van der Waals surface area contributed by atoms with E-state index in [9.17, 15) is 9.59 Å². The maximum absolute atomic E-state index is 13.9. The monoisotopic (exact) mass is 600 g/mol. The van der Waals surface area contributed by atoms with Gasteiger partial charge in [0.25, 0.3) is 0 Å². The second kappa shape index (κ2) is 11.5. The predicted molar refractivity (Wildman–Crippen MR) is 157 cm³/mol. The number of nitrogens with zero attached hydrogens (tertiary/aromatic N) is 4. The van der Waals surface area contributed by atoms with Crippen molar-refractivity contribution in [2.24, 2.45) is 13.0 Å². The number of hydrogen-bond acceptors (Lipinski definition) is 5. The fraction of sp³-hybridized carbons (Fsp3) is 0.355. The molecule has 3 aromatic carbocycles. The summed E-state index contributed by atoms with van der Waals surface area (Å²) < 4.78 is 2.76. The van der Waals surface area contributed by atoms with Crippen LogP contribution in [0.4, 0.5) is 0 Å². The number of carbonyl (C=O) groups is 2. The lowest BCUT2D eigenvalue weighted by molar-refractivity contribution is -0.139. The highest BCUT2D eigenvalue weighted by molar-refractivity contribution is 9.10. The topological polar surface area (TPSA) is 92.2 Å². The molecule has 0 aliphatic carbocycles. The molecular weight excluding hydrogens is 568 g/mol. The van der Waals surface area contributed by atoms with Gasteiger partial charge in [0.2, 0.25) is 11.8 Å². The molecule has 206 valence electrons. The Morgan fingerprint density at radius 1 is 1.02 bits per heavy atom. The van der Waals surface area contributed by atoms with E-state index in [0.717, 1.165) is 40.5 Å². The first kappa shape index (κ1) is 26.7. The molecule has 0 bridgehead atoms. The molecule has 9 heteroatoms. The Bertz CT molecular complexity index is 1520. The van der Waals surface area contributed by atoms with E-state index in [0.29, 0.717) is 25.4 Å². The molecule has 2 aliphatic heterocycles. The molecule has 2 N–H and O–H groups in total. The Kier molecular flexibility index (Phi) is 7.67. The first-order chi connectivity index (χ1) is 19.4. The fourth-order valence-electron chi connectivity index (χ4n) is 6.17. The molecule has 0 saturated carbocycles. The molecule has 3 heterocycles. The second-order valence-corrected chi connectivity index (χ2v) is 11.9. The number of aryl methyl sites for hydroxylation is 1. The van der Waals surface area contributed by atoms with E-state index < -0.39 is 6.04 Å². The molecular formula is C31H33BrN6O2. The number of benzene rings is 3. The van der Waals surface area contributed by atoms with Crippen LogP contribution in [0.25, 0.3) is 11.0 Å². The van der Waals surface area contributed by atoms with E-state index >= 15 is 0 Å². The van der Waals surface area contributed by atoms with Crippen molar-refractivity contribution in [3.63, 3.8) is 0 Å². The van der Waals surface area contributed by atoms with E-state index in [1.165, 1.54) is 11.1 Å². The average molecular weight is 602 g/mol. The summed E-state index contributed by atoms with van der Waals surface area (Å²) >= 11 is 3.56. The van der Waals surface area contributed by atoms with Gasteiger partial charge in [0.05, 0.1) is 11.6 Å². The first-order valence-corrected chi connectivity index (χ1v) is 14.6. The highest BCUT2D eigenvalue weighted by Crippen LogP contribution is 2.32. The molecule has 6 rings (SSSR count). The quantitative estimate of drug-likeness (QED) is 0.335. The van der Waals surface area contributed by atoms with Gasteiger partial charge in [0.15, 0.2) is 0 Å². The van der Waals surface area contributed by atoms with Crippen LogP contribution in [-0.4, -0.2) is 56.9 Å². The minimum Gasteiger partial charge on any atom is -0.350 e. The molecule has 2 aliphatic rings. The van der Waals surface area contributed by atoms with Gasteiger partial charge in [-0.05, 0) is 72.1 Å². The molecule has 2 fully saturated rings. The van der Waals surface area contributed by atoms with Crippen LogP contribution in [0, 0.1) is 5.92 Å². The smallest absolute Gasteiger partial charge is 0.243 e. The number of amides is 2. The van der Waals surface area contributed by atoms with Gasteiger partial charge < -0.3 is 15.5 Å². The van der Waals surface area contributed by atoms with Crippen molar-refractivity contribution in [1.29, 1.82) is 0 Å². The van der Waals surface area contributed by atoms with Gasteiger partial charge in [-0.2, -0.15) is 0 Å². The lowest BCUT2D eigenvalue weighted by Gasteiger charge is -2.27. The van der Waals surface area contributed by atoms with E-state index in [-0.39, 0.29) is 23.8 Å². The van der Waals surface area contributed by atoms with Crippen molar-refractivity contribution in [3.05, 3.63) is 94.0 Å². The standard InChI is InChI=1S/C31H33BrN6O2/c1-37-28-11-10-21(14-26(28)35-36-37)17-34-30(39)29-15-22(12-20-6-5-9-25(32)13-20)19-38(29)31(40)27-16-24(18-33-27)23-7-3-2-4-8-23/h2-11,13-14,22,24,27,29,33H,12,15-19H2,1H3,(H,34,39). The van der Waals surface area contributed by atoms with Gasteiger partial charge in [-0.1, -0.05) is 69.7 Å². The molecule has 4 unspecified atom stereocenters. The van der Waals surface area contributed by atoms with Crippen LogP contribution in [-0.2, 0) is 29.6 Å². The fourth-order valence-corrected chi connectivity index (χ4v) is 6.61. The Morgan fingerprint density at radius 3 is 2.70 bits per heavy atom. The van der Waals surface area contributed by atoms with Crippen LogP contribution in [0.5, 0.6) is 0 Å². The minimum atomic E-state index is -0.498. The molecule has 2 saturated heterocycles. The van der Waals surface area contributed by atoms with Crippen LogP contribution >= 0.6 is 15.9 Å². The Balaban J connectivity index is 1.16. The maximum atomic E-state index is 13.9. The summed E-state index contributed by atoms with van der Waals surface area (Å²) in [6.07, 6.45) is 2.20. The highest BCUT2D eigenvalue weighted by atomic mass is 79.9. The van der Waals surface area contributed by atoms with Crippen LogP contribution in [0.15, 0.2) is 77.3 Å². The summed E-state index contributed by atoms with van der Waals surface area (Å²) in [5, 5.41) is 14.8. The number of likely N-dealkylation sites (tertiary alicyclic amines) is 1. The number of carbonyl (C=O) groups excluding carboxylic acids is 2. The predicted octanol–water partition coefficient (Wildman–Crippen LogP) is 3.95. The van der Waals surface area contributed by atoms with Crippen LogP contribution < -0.4 is 10.6 Å². The van der Waals surface area contributed by atoms with Crippen LogP contribution in [0.3, 0.4) is 0 Å². The molecule has 2 amide bonds. The van der Waals surface area contributed by atoms with Crippen molar-refractivity contribution >= 4 is 38.8 Å². The molecule has 4 atom stereocenters. The van der Waals surface area contributed by atoms with Gasteiger partial charge in [0.1, 0.15) is 11.6 Å². The lowest BCUT2D eigenvalue weighted by Crippen LogP contribution is -2.51. The molecule has 40 heavy (non-hydrogen) atoms. The second-order valence-electron chi connectivity index (χ2n) is 11.0. The molecule has 0 radical (unpaired) electrons. The van der Waals surface area contributed by atoms with Crippen LogP contribution in [0.2, 0.25) is 0 Å². The number of hydrogen-bond donors (Lipinski definition) is 2. The average Bonchev–Trinajstić information content (AvgIpc) is 3.71. The van der Waals surface area contributed by atoms with Gasteiger partial charge >= 0.3 is 0 Å². The van der Waals surface area contributed by atoms with Gasteiger partial charge in [-0.25, -0.2) is 4.68 Å². The number of halogens is 1. The van der Waals surface area contributed by atoms with Crippen molar-refractivity contribution in [3.8, 4) is 0 Å². The van der Waals surface area contributed by atoms with E-state index in [2.05, 4.69) is 61.1 Å². The summed E-state index contributed by atoms with van der Waals surface area (Å²) in [6, 6.07) is 23.7. The van der Waals surface area contributed by atoms with Gasteiger partial charge in [0, 0.05) is 31.2 Å². The third kappa shape index (κ3) is 5.67. The minimum absolute atomic E-state index is 0.0244. The zero-order chi connectivity index (χ0) is 27.6. The van der Waals surface area contributed by atoms with Crippen LogP contribution in [0.1, 0.15) is 35.4 Å². The summed E-state index contributed by atoms with van der Waals surface area (Å²) in [5.41, 5.74) is 5.13. The van der Waals surface area contributed by atoms with E-state index in [1.807, 2.05) is 60.5 Å². The zero-order valence-corrected chi connectivity index (χ0v) is 24.0. The van der Waals surface area contributed by atoms with Crippen molar-refractivity contribution in [2.75, 3.05) is 13.1 Å². The summed E-state index contributed by atoms with van der Waals surface area (Å²) in [4.78, 5) is 29.3. The van der Waals surface area contributed by atoms with E-state index in [4.69, 9.17) is 0 Å². The molecule has 4 aromatic rings. The Morgan fingerprint density at radius 2 is 1.88 bits per heavy atom. The number of fused-ring (bicyclic) bond motifs is 1. The zero-order valence-electron chi connectivity index (χ0n) is 22.5. The molecule has 1 aromatic heterocycles. The number of aromatic nitrogens is 3. The van der Waals surface area contributed by atoms with E-state index in [1.54, 1.807) is 4.68 Å². The Hall–Kier alpha value is -3.56. The van der Waals surface area contributed by atoms with Gasteiger partial charge in [-0.15, -0.1) is 5.10 Å². The molecule has 8 nitrogen and oxygen atoms in total. The van der Waals surface area contributed by atoms with Crippen molar-refractivity contribution in [2.45, 2.75) is 43.8 Å². The van der Waals surface area contributed by atoms with Gasteiger partial charge in [-0.3, -0.25) is 9.59 Å². The summed E-state index contributed by atoms with van der Waals surface area (Å²) in [5.74, 6) is 0.410. The highest BCUT2D eigenvalue weighted by Gasteiger charge is 2.43. The number of nitrogens with one attached hydrogen (secondary N) is 2. The first-order valence-electron chi connectivity index (χ1n) is 13.8. The largest absolute Gasteiger partial charge is 0.350 e. The van der Waals surface area contributed by atoms with Crippen molar-refractivity contribution in [1.82, 2.24) is 30.5 Å². The SMILES string of the molecule is Cn1nnc2cc(CNC(=O)C3CC(Cc4cccc(Br)c4)CN3C(=O)C3CC(c4ccccc4)CN3)ccc21. The third-order valence-electron chi connectivity index (χ3n) is 8.23. The summed E-state index contributed by atoms with van der Waals surface area (Å²) in [6.45, 7) is 1.71. The third-order valence-corrected chi connectivity index (χ3v) is 8.72. The maximum Gasteiger partial charge on any atom is 0.243 e. The molecule has 0 spiro atoms.